The third-order valence-corrected chi connectivity index (χ3v) is 5.77. The number of nitrogens with zero attached hydrogens (tertiary/aromatic N) is 5. The van der Waals surface area contributed by atoms with Gasteiger partial charge >= 0.3 is 10.5 Å². The van der Waals surface area contributed by atoms with Gasteiger partial charge < -0.3 is 0 Å². The van der Waals surface area contributed by atoms with Crippen molar-refractivity contribution in [1.29, 1.82) is 0 Å². The first kappa shape index (κ1) is 18.3. The second-order valence-corrected chi connectivity index (χ2v) is 7.69. The Labute approximate surface area is 150 Å². The van der Waals surface area contributed by atoms with Crippen LogP contribution in [0.2, 0.25) is 0 Å². The van der Waals surface area contributed by atoms with Gasteiger partial charge in [0, 0.05) is 18.0 Å². The van der Waals surface area contributed by atoms with Gasteiger partial charge in [0.1, 0.15) is 5.69 Å². The lowest BCUT2D eigenvalue weighted by Crippen LogP contribution is -2.48. The van der Waals surface area contributed by atoms with E-state index in [1.807, 2.05) is 0 Å². The predicted octanol–water partition coefficient (Wildman–Crippen LogP) is 2.62. The van der Waals surface area contributed by atoms with Gasteiger partial charge in [-0.2, -0.15) is 17.9 Å². The van der Waals surface area contributed by atoms with Crippen molar-refractivity contribution in [3.8, 4) is 11.3 Å². The van der Waals surface area contributed by atoms with Gasteiger partial charge in [0.2, 0.25) is 0 Å². The zero-order chi connectivity index (χ0) is 19.0. The van der Waals surface area contributed by atoms with Gasteiger partial charge in [-0.15, -0.1) is 5.10 Å². The zero-order valence-corrected chi connectivity index (χ0v) is 14.2. The molecule has 1 atom stereocenters. The van der Waals surface area contributed by atoms with Gasteiger partial charge in [0.25, 0.3) is 15.0 Å². The second-order valence-electron chi connectivity index (χ2n) is 5.01. The van der Waals surface area contributed by atoms with Crippen molar-refractivity contribution in [1.82, 2.24) is 25.0 Å². The summed E-state index contributed by atoms with van der Waals surface area (Å²) >= 11 is 5.17. The number of rotatable bonds is 5. The van der Waals surface area contributed by atoms with E-state index in [-0.39, 0.29) is 10.4 Å². The normalized spacial score (nSPS) is 14.8. The van der Waals surface area contributed by atoms with Gasteiger partial charge in [-0.05, 0) is 6.07 Å². The van der Waals surface area contributed by atoms with Crippen LogP contribution in [-0.2, 0) is 15.9 Å². The lowest BCUT2D eigenvalue weighted by Gasteiger charge is -2.26. The van der Waals surface area contributed by atoms with E-state index in [9.17, 15) is 21.6 Å². The Morgan fingerprint density at radius 2 is 1.62 bits per heavy atom. The summed E-state index contributed by atoms with van der Waals surface area (Å²) in [7, 11) is -5.46. The molecule has 0 N–H and O–H groups in total. The Hall–Kier alpha value is -2.53. The molecule has 26 heavy (non-hydrogen) atoms. The molecule has 0 amide bonds. The molecule has 0 fully saturated rings. The van der Waals surface area contributed by atoms with Crippen molar-refractivity contribution in [3.05, 3.63) is 55.0 Å². The van der Waals surface area contributed by atoms with E-state index in [0.29, 0.717) is 11.8 Å². The number of alkyl halides is 4. The maximum atomic E-state index is 14.7. The van der Waals surface area contributed by atoms with Gasteiger partial charge in [-0.25, -0.2) is 18.4 Å². The molecule has 0 bridgehead atoms. The SMILES string of the molecule is O=S(=O)(c1ncccn1)C(F)(Cl)C(F)(F)n1cc(-c2ccccc2)nn1. The molecule has 1 unspecified atom stereocenters. The molecular weight excluding hydrogens is 395 g/mol. The number of aromatic nitrogens is 5. The van der Waals surface area contributed by atoms with Crippen molar-refractivity contribution >= 4 is 21.4 Å². The quantitative estimate of drug-likeness (QED) is 0.480. The largest absolute Gasteiger partial charge is 0.408 e. The molecule has 12 heteroatoms. The fourth-order valence-electron chi connectivity index (χ4n) is 1.98. The first-order valence-corrected chi connectivity index (χ1v) is 8.79. The fourth-order valence-corrected chi connectivity index (χ4v) is 3.32. The smallest absolute Gasteiger partial charge is 0.227 e. The van der Waals surface area contributed by atoms with Crippen molar-refractivity contribution in [2.24, 2.45) is 0 Å². The minimum atomic E-state index is -5.46. The Morgan fingerprint density at radius 1 is 1.00 bits per heavy atom. The first-order valence-electron chi connectivity index (χ1n) is 6.93. The number of hydrogen-bond acceptors (Lipinski definition) is 6. The van der Waals surface area contributed by atoms with Crippen LogP contribution in [0.1, 0.15) is 0 Å². The lowest BCUT2D eigenvalue weighted by molar-refractivity contribution is -0.142. The van der Waals surface area contributed by atoms with Crippen molar-refractivity contribution < 1.29 is 21.6 Å². The zero-order valence-electron chi connectivity index (χ0n) is 12.7. The molecule has 0 saturated heterocycles. The molecule has 3 aromatic rings. The van der Waals surface area contributed by atoms with E-state index in [4.69, 9.17) is 11.6 Å². The van der Waals surface area contributed by atoms with Crippen LogP contribution in [0.5, 0.6) is 0 Å². The van der Waals surface area contributed by atoms with Crippen molar-refractivity contribution in [3.63, 3.8) is 0 Å². The third kappa shape index (κ3) is 2.82. The summed E-state index contributed by atoms with van der Waals surface area (Å²) in [6.07, 6.45) is 2.59. The molecule has 0 spiro atoms. The number of halogens is 4. The second kappa shape index (κ2) is 6.32. The van der Waals surface area contributed by atoms with Gasteiger partial charge in [-0.1, -0.05) is 47.1 Å². The van der Waals surface area contributed by atoms with Crippen LogP contribution >= 0.6 is 11.6 Å². The van der Waals surface area contributed by atoms with E-state index in [1.54, 1.807) is 30.3 Å². The molecule has 3 rings (SSSR count). The maximum Gasteiger partial charge on any atom is 0.408 e. The summed E-state index contributed by atoms with van der Waals surface area (Å²) in [5.41, 5.74) is 0.397. The maximum absolute atomic E-state index is 14.7. The number of sulfone groups is 1. The first-order chi connectivity index (χ1) is 12.2. The summed E-state index contributed by atoms with van der Waals surface area (Å²) in [4.78, 5) is 6.55. The van der Waals surface area contributed by atoms with E-state index < -0.39 is 25.5 Å². The lowest BCUT2D eigenvalue weighted by atomic mass is 10.2. The fraction of sp³-hybridized carbons (Fsp3) is 0.143. The highest BCUT2D eigenvalue weighted by atomic mass is 35.5. The minimum Gasteiger partial charge on any atom is -0.227 e. The Kier molecular flexibility index (Phi) is 4.44. The topological polar surface area (TPSA) is 90.6 Å². The minimum absolute atomic E-state index is 0.0221. The number of benzene rings is 1. The predicted molar refractivity (Wildman–Crippen MR) is 84.6 cm³/mol. The highest BCUT2D eigenvalue weighted by Gasteiger charge is 2.67. The molecular formula is C14H9ClF3N5O2S. The highest BCUT2D eigenvalue weighted by Crippen LogP contribution is 2.46. The van der Waals surface area contributed by atoms with E-state index in [1.165, 1.54) is 6.07 Å². The molecule has 136 valence electrons. The average Bonchev–Trinajstić information content (AvgIpc) is 3.14. The van der Waals surface area contributed by atoms with Crippen LogP contribution in [0, 0.1) is 0 Å². The Balaban J connectivity index is 2.03. The molecule has 7 nitrogen and oxygen atoms in total. The molecule has 0 radical (unpaired) electrons. The van der Waals surface area contributed by atoms with Crippen LogP contribution < -0.4 is 0 Å². The monoisotopic (exact) mass is 403 g/mol. The molecule has 1 aromatic carbocycles. The van der Waals surface area contributed by atoms with Crippen LogP contribution in [0.3, 0.4) is 0 Å². The molecule has 2 heterocycles. The van der Waals surface area contributed by atoms with Crippen LogP contribution in [0.15, 0.2) is 60.1 Å². The van der Waals surface area contributed by atoms with Crippen molar-refractivity contribution in [2.45, 2.75) is 15.7 Å². The summed E-state index contributed by atoms with van der Waals surface area (Å²) in [6.45, 7) is 0. The molecule has 0 saturated carbocycles. The summed E-state index contributed by atoms with van der Waals surface area (Å²) < 4.78 is 63.3. The molecule has 0 aliphatic rings. The Morgan fingerprint density at radius 3 is 2.23 bits per heavy atom. The molecule has 0 aliphatic heterocycles. The Bertz CT molecular complexity index is 1010. The van der Waals surface area contributed by atoms with Crippen LogP contribution in [-0.4, -0.2) is 37.8 Å². The van der Waals surface area contributed by atoms with E-state index in [2.05, 4.69) is 20.3 Å². The summed E-state index contributed by atoms with van der Waals surface area (Å²) in [6, 6.07) is 4.51. The third-order valence-electron chi connectivity index (χ3n) is 3.32. The van der Waals surface area contributed by atoms with Crippen molar-refractivity contribution in [2.75, 3.05) is 0 Å². The van der Waals surface area contributed by atoms with Crippen LogP contribution in [0.25, 0.3) is 11.3 Å². The average molecular weight is 404 g/mol. The number of hydrogen-bond donors (Lipinski definition) is 0. The highest BCUT2D eigenvalue weighted by molar-refractivity contribution is 7.93. The van der Waals surface area contributed by atoms with E-state index in [0.717, 1.165) is 12.4 Å². The molecule has 0 aliphatic carbocycles. The summed E-state index contributed by atoms with van der Waals surface area (Å²) in [5.74, 6) is 0. The van der Waals surface area contributed by atoms with Gasteiger partial charge in [0.05, 0.1) is 6.20 Å². The van der Waals surface area contributed by atoms with Gasteiger partial charge in [-0.3, -0.25) is 0 Å². The summed E-state index contributed by atoms with van der Waals surface area (Å²) in [5, 5.41) is 5.45. The van der Waals surface area contributed by atoms with E-state index >= 15 is 0 Å². The molecule has 2 aromatic heterocycles. The standard InChI is InChI=1S/C14H9ClF3N5O2S/c15-13(16,26(24,25)12-19-7-4-8-20-12)14(17,18)23-9-11(21-22-23)10-5-2-1-3-6-10/h1-9H. The van der Waals surface area contributed by atoms with Gasteiger partial charge in [0.15, 0.2) is 0 Å². The van der Waals surface area contributed by atoms with Crippen LogP contribution in [0.4, 0.5) is 13.2 Å².